The molecule has 4 N–H and O–H groups in total. The number of hydrogen-bond donors (Lipinski definition) is 4. The molecule has 10 nitrogen and oxygen atoms in total. The van der Waals surface area contributed by atoms with Gasteiger partial charge in [-0.3, -0.25) is 24.6 Å². The van der Waals surface area contributed by atoms with Crippen LogP contribution in [0.2, 0.25) is 0 Å². The fraction of sp³-hybridized carbons (Fsp3) is 0.571. The number of carbonyl (C=O) groups excluding carboxylic acids is 1. The van der Waals surface area contributed by atoms with Crippen molar-refractivity contribution < 1.29 is 14.7 Å². The van der Waals surface area contributed by atoms with Crippen LogP contribution in [0.15, 0.2) is 41.2 Å². The van der Waals surface area contributed by atoms with Crippen LogP contribution in [0, 0.1) is 0 Å². The van der Waals surface area contributed by atoms with Gasteiger partial charge in [-0.2, -0.15) is 5.10 Å². The van der Waals surface area contributed by atoms with Crippen molar-refractivity contribution in [2.24, 2.45) is 4.99 Å². The normalized spacial score (nSPS) is 12.7. The van der Waals surface area contributed by atoms with Crippen molar-refractivity contribution in [1.29, 1.82) is 0 Å². The number of aromatic amines is 1. The van der Waals surface area contributed by atoms with Gasteiger partial charge in [-0.05, 0) is 45.7 Å². The fourth-order valence-electron chi connectivity index (χ4n) is 4.04. The third kappa shape index (κ3) is 12.6. The third-order valence-corrected chi connectivity index (χ3v) is 6.33. The minimum Gasteiger partial charge on any atom is -0.480 e. The van der Waals surface area contributed by atoms with E-state index in [0.29, 0.717) is 32.6 Å². The van der Waals surface area contributed by atoms with E-state index in [1.54, 1.807) is 4.90 Å². The van der Waals surface area contributed by atoms with Crippen LogP contribution in [-0.2, 0) is 16.1 Å². The summed E-state index contributed by atoms with van der Waals surface area (Å²) in [5.74, 6) is -0.0437. The summed E-state index contributed by atoms with van der Waals surface area (Å²) in [4.78, 5) is 31.2. The van der Waals surface area contributed by atoms with Crippen LogP contribution < -0.4 is 10.6 Å². The van der Waals surface area contributed by atoms with Crippen LogP contribution in [0.3, 0.4) is 0 Å². The van der Waals surface area contributed by atoms with Gasteiger partial charge in [0, 0.05) is 55.9 Å². The van der Waals surface area contributed by atoms with E-state index in [-0.39, 0.29) is 12.6 Å². The van der Waals surface area contributed by atoms with Gasteiger partial charge in [-0.25, -0.2) is 0 Å². The SMILES string of the molecule is CCCCN(CC(=O)O)C(C)CCN=C(C)N/C=C(/CC)N(C=O)CCNCc1[nH]nc2ccccc12.CCl. The summed E-state index contributed by atoms with van der Waals surface area (Å²) in [5.41, 5.74) is 2.84. The highest BCUT2D eigenvalue weighted by molar-refractivity contribution is 6.15. The van der Waals surface area contributed by atoms with Crippen molar-refractivity contribution in [2.45, 2.75) is 66.0 Å². The van der Waals surface area contributed by atoms with E-state index >= 15 is 0 Å². The van der Waals surface area contributed by atoms with E-state index in [4.69, 9.17) is 0 Å². The van der Waals surface area contributed by atoms with Gasteiger partial charge in [0.1, 0.15) is 0 Å². The number of unbranched alkanes of at least 4 members (excludes halogenated alkanes) is 1. The minimum atomic E-state index is -0.800. The number of aromatic nitrogens is 2. The van der Waals surface area contributed by atoms with Crippen molar-refractivity contribution in [3.8, 4) is 0 Å². The largest absolute Gasteiger partial charge is 0.480 e. The highest BCUT2D eigenvalue weighted by Gasteiger charge is 2.16. The second kappa shape index (κ2) is 20.0. The molecule has 1 atom stereocenters. The monoisotopic (exact) mass is 563 g/mol. The molecule has 0 spiro atoms. The number of aliphatic carboxylic acids is 1. The molecule has 0 aliphatic carbocycles. The van der Waals surface area contributed by atoms with Gasteiger partial charge in [0.2, 0.25) is 6.41 Å². The lowest BCUT2D eigenvalue weighted by Crippen LogP contribution is -2.38. The topological polar surface area (TPSA) is 126 Å². The van der Waals surface area contributed by atoms with Crippen LogP contribution >= 0.6 is 11.6 Å². The van der Waals surface area contributed by atoms with E-state index < -0.39 is 5.97 Å². The number of nitrogens with one attached hydrogen (secondary N) is 3. The van der Waals surface area contributed by atoms with E-state index in [1.807, 2.05) is 49.2 Å². The number of fused-ring (bicyclic) bond motifs is 1. The molecule has 2 rings (SSSR count). The van der Waals surface area contributed by atoms with Crippen LogP contribution in [0.5, 0.6) is 0 Å². The maximum Gasteiger partial charge on any atom is 0.317 e. The molecule has 218 valence electrons. The Kier molecular flexibility index (Phi) is 17.5. The number of halogens is 1. The standard InChI is InChI=1S/C27H43N7O3.CH3Cl/c1-5-7-15-33(19-27(36)37)21(3)12-13-29-22(4)30-17-23(6-2)34(20-35)16-14-28-18-26-24-10-8-9-11-25(24)31-32-26;1-2/h8-11,17,20-21,28H,5-7,12-16,18-19H2,1-4H3,(H,29,30)(H,31,32)(H,36,37);1H3/b23-17-;. The molecule has 0 aliphatic heterocycles. The summed E-state index contributed by atoms with van der Waals surface area (Å²) in [5, 5.41) is 24.2. The first kappa shape index (κ1) is 34.1. The number of carboxylic acid groups (broad SMARTS) is 1. The molecule has 0 fully saturated rings. The molecular formula is C28H46ClN7O3. The third-order valence-electron chi connectivity index (χ3n) is 6.33. The minimum absolute atomic E-state index is 0.0551. The average molecular weight is 564 g/mol. The van der Waals surface area contributed by atoms with Crippen molar-refractivity contribution >= 4 is 40.7 Å². The smallest absolute Gasteiger partial charge is 0.317 e. The van der Waals surface area contributed by atoms with Crippen molar-refractivity contribution in [3.05, 3.63) is 41.9 Å². The number of nitrogens with zero attached hydrogens (tertiary/aromatic N) is 4. The molecule has 1 aromatic carbocycles. The van der Waals surface area contributed by atoms with Crippen molar-refractivity contribution in [3.63, 3.8) is 0 Å². The Morgan fingerprint density at radius 3 is 2.67 bits per heavy atom. The Hall–Kier alpha value is -2.95. The Morgan fingerprint density at radius 2 is 2.00 bits per heavy atom. The van der Waals surface area contributed by atoms with Crippen LogP contribution in [0.1, 0.15) is 59.1 Å². The van der Waals surface area contributed by atoms with Gasteiger partial charge < -0.3 is 20.6 Å². The zero-order valence-electron chi connectivity index (χ0n) is 24.0. The molecule has 39 heavy (non-hydrogen) atoms. The first-order valence-corrected chi connectivity index (χ1v) is 14.3. The Labute approximate surface area is 237 Å². The van der Waals surface area contributed by atoms with Crippen molar-refractivity contribution in [2.75, 3.05) is 39.1 Å². The lowest BCUT2D eigenvalue weighted by atomic mass is 10.2. The molecule has 0 aliphatic rings. The van der Waals surface area contributed by atoms with Crippen LogP contribution in [0.25, 0.3) is 10.9 Å². The fourth-order valence-corrected chi connectivity index (χ4v) is 4.04. The number of para-hydroxylation sites is 1. The summed E-state index contributed by atoms with van der Waals surface area (Å²) < 4.78 is 0. The molecule has 0 saturated heterocycles. The summed E-state index contributed by atoms with van der Waals surface area (Å²) in [7, 11) is 0. The molecule has 1 unspecified atom stereocenters. The molecule has 1 amide bonds. The summed E-state index contributed by atoms with van der Waals surface area (Å²) in [6, 6.07) is 8.11. The number of allylic oxidation sites excluding steroid dienone is 1. The number of alkyl halides is 1. The molecule has 2 aromatic rings. The predicted molar refractivity (Wildman–Crippen MR) is 160 cm³/mol. The maximum atomic E-state index is 11.7. The number of benzene rings is 1. The van der Waals surface area contributed by atoms with Gasteiger partial charge >= 0.3 is 5.97 Å². The molecule has 0 bridgehead atoms. The second-order valence-corrected chi connectivity index (χ2v) is 9.15. The molecular weight excluding hydrogens is 518 g/mol. The van der Waals surface area contributed by atoms with Gasteiger partial charge in [0.15, 0.2) is 0 Å². The highest BCUT2D eigenvalue weighted by atomic mass is 35.5. The number of amides is 1. The van der Waals surface area contributed by atoms with Gasteiger partial charge in [-0.1, -0.05) is 38.5 Å². The number of hydrogen-bond acceptors (Lipinski definition) is 6. The lowest BCUT2D eigenvalue weighted by Gasteiger charge is -2.27. The van der Waals surface area contributed by atoms with E-state index in [0.717, 1.165) is 60.3 Å². The van der Waals surface area contributed by atoms with E-state index in [1.165, 1.54) is 6.38 Å². The highest BCUT2D eigenvalue weighted by Crippen LogP contribution is 2.14. The van der Waals surface area contributed by atoms with Crippen LogP contribution in [0.4, 0.5) is 0 Å². The van der Waals surface area contributed by atoms with Gasteiger partial charge in [0.25, 0.3) is 0 Å². The zero-order chi connectivity index (χ0) is 29.0. The number of H-pyrrole nitrogens is 1. The Bertz CT molecular complexity index is 1040. The first-order chi connectivity index (χ1) is 18.9. The maximum absolute atomic E-state index is 11.7. The Balaban J connectivity index is 0.00000371. The van der Waals surface area contributed by atoms with Crippen molar-refractivity contribution in [1.82, 2.24) is 30.6 Å². The average Bonchev–Trinajstić information content (AvgIpc) is 3.36. The molecule has 1 aromatic heterocycles. The van der Waals surface area contributed by atoms with Crippen LogP contribution in [-0.4, -0.2) is 88.5 Å². The number of rotatable bonds is 18. The first-order valence-electron chi connectivity index (χ1n) is 13.5. The number of aliphatic imine (C=N–C) groups is 1. The number of carboxylic acids is 1. The number of amidine groups is 1. The van der Waals surface area contributed by atoms with E-state index in [9.17, 15) is 14.7 Å². The molecule has 1 heterocycles. The summed E-state index contributed by atoms with van der Waals surface area (Å²) in [6.07, 6.45) is 7.64. The van der Waals surface area contributed by atoms with Gasteiger partial charge in [0.05, 0.1) is 23.6 Å². The Morgan fingerprint density at radius 1 is 1.26 bits per heavy atom. The molecule has 0 radical (unpaired) electrons. The summed E-state index contributed by atoms with van der Waals surface area (Å²) >= 11 is 4.64. The lowest BCUT2D eigenvalue weighted by molar-refractivity contribution is -0.138. The molecule has 11 heteroatoms. The summed E-state index contributed by atoms with van der Waals surface area (Å²) in [6.45, 7) is 11.3. The zero-order valence-corrected chi connectivity index (χ0v) is 24.8. The second-order valence-electron chi connectivity index (χ2n) is 9.15. The quantitative estimate of drug-likeness (QED) is 0.0704. The molecule has 0 saturated carbocycles. The van der Waals surface area contributed by atoms with E-state index in [2.05, 4.69) is 51.3 Å². The number of carbonyl (C=O) groups is 2. The predicted octanol–water partition coefficient (Wildman–Crippen LogP) is 4.19. The van der Waals surface area contributed by atoms with Gasteiger partial charge in [-0.15, -0.1) is 11.6 Å².